The molecule has 4 unspecified atom stereocenters. The minimum absolute atomic E-state index is 0.0160. The third kappa shape index (κ3) is 11.7. The first-order valence-electron chi connectivity index (χ1n) is 11.9. The molecule has 4 atom stereocenters. The highest BCUT2D eigenvalue weighted by molar-refractivity contribution is 8.00. The average Bonchev–Trinajstić information content (AvgIpc) is 2.74. The van der Waals surface area contributed by atoms with Crippen LogP contribution in [0.2, 0.25) is 0 Å². The molecule has 5 nitrogen and oxygen atoms in total. The highest BCUT2D eigenvalue weighted by Crippen LogP contribution is 2.39. The van der Waals surface area contributed by atoms with Crippen molar-refractivity contribution in [3.05, 3.63) is 35.9 Å². The summed E-state index contributed by atoms with van der Waals surface area (Å²) in [4.78, 5) is 24.2. The second kappa shape index (κ2) is 14.3. The van der Waals surface area contributed by atoms with Gasteiger partial charge in [-0.15, -0.1) is 9.24 Å². The Morgan fingerprint density at radius 2 is 1.70 bits per heavy atom. The van der Waals surface area contributed by atoms with Gasteiger partial charge in [0.2, 0.25) is 0 Å². The zero-order valence-electron chi connectivity index (χ0n) is 21.1. The van der Waals surface area contributed by atoms with Crippen LogP contribution < -0.4 is 0 Å². The summed E-state index contributed by atoms with van der Waals surface area (Å²) >= 11 is 1.77. The number of esters is 2. The Hall–Kier alpha value is -1.10. The number of hydrogen-bond donors (Lipinski definition) is 1. The van der Waals surface area contributed by atoms with Crippen molar-refractivity contribution >= 4 is 32.9 Å². The molecule has 0 saturated carbocycles. The van der Waals surface area contributed by atoms with E-state index in [9.17, 15) is 14.7 Å². The van der Waals surface area contributed by atoms with E-state index in [0.717, 1.165) is 12.8 Å². The van der Waals surface area contributed by atoms with Crippen molar-refractivity contribution in [2.45, 2.75) is 89.2 Å². The zero-order valence-corrected chi connectivity index (χ0v) is 23.1. The van der Waals surface area contributed by atoms with Crippen LogP contribution in [0.25, 0.3) is 0 Å². The molecule has 188 valence electrons. The number of aliphatic hydroxyl groups is 1. The predicted octanol–water partition coefficient (Wildman–Crippen LogP) is 5.60. The summed E-state index contributed by atoms with van der Waals surface area (Å²) in [6, 6.07) is 10.6. The van der Waals surface area contributed by atoms with Crippen LogP contribution in [0.3, 0.4) is 0 Å². The van der Waals surface area contributed by atoms with E-state index >= 15 is 0 Å². The van der Waals surface area contributed by atoms with Crippen molar-refractivity contribution < 1.29 is 24.2 Å². The van der Waals surface area contributed by atoms with Crippen LogP contribution >= 0.6 is 21.0 Å². The third-order valence-corrected chi connectivity index (χ3v) is 7.50. The molecular weight excluding hydrogens is 455 g/mol. The molecule has 0 aromatic heterocycles. The Kier molecular flexibility index (Phi) is 13.0. The fraction of sp³-hybridized carbons (Fsp3) is 0.692. The van der Waals surface area contributed by atoms with Crippen LogP contribution in [0.1, 0.15) is 78.7 Å². The summed E-state index contributed by atoms with van der Waals surface area (Å²) in [6.07, 6.45) is 1.80. The van der Waals surface area contributed by atoms with Crippen molar-refractivity contribution in [3.63, 3.8) is 0 Å². The van der Waals surface area contributed by atoms with E-state index in [1.165, 1.54) is 5.56 Å². The van der Waals surface area contributed by atoms with Gasteiger partial charge < -0.3 is 14.6 Å². The SMILES string of the molecule is CCCC(C)(P)C(=O)OCC(O)COC(=O)CCSC(C)(C)CC(c1ccccc1)C(C)C. The summed E-state index contributed by atoms with van der Waals surface area (Å²) in [5.74, 6) is 0.902. The summed E-state index contributed by atoms with van der Waals surface area (Å²) in [6.45, 7) is 12.4. The third-order valence-electron chi connectivity index (χ3n) is 5.62. The molecule has 0 heterocycles. The molecule has 1 aromatic rings. The maximum absolute atomic E-state index is 12.1. The minimum atomic E-state index is -1.03. The van der Waals surface area contributed by atoms with Crippen LogP contribution in [0, 0.1) is 5.92 Å². The lowest BCUT2D eigenvalue weighted by Crippen LogP contribution is -2.34. The van der Waals surface area contributed by atoms with Gasteiger partial charge in [0.15, 0.2) is 0 Å². The van der Waals surface area contributed by atoms with Gasteiger partial charge in [0.05, 0.1) is 11.6 Å². The molecular formula is C26H43O5PS. The lowest BCUT2D eigenvalue weighted by molar-refractivity contribution is -0.153. The number of benzene rings is 1. The van der Waals surface area contributed by atoms with Gasteiger partial charge in [-0.05, 0) is 37.2 Å². The van der Waals surface area contributed by atoms with Gasteiger partial charge in [-0.25, -0.2) is 0 Å². The van der Waals surface area contributed by atoms with Crippen LogP contribution in [-0.2, 0) is 19.1 Å². The normalized spacial score (nSPS) is 15.5. The molecule has 33 heavy (non-hydrogen) atoms. The molecule has 0 bridgehead atoms. The van der Waals surface area contributed by atoms with Gasteiger partial charge in [-0.1, -0.05) is 71.4 Å². The smallest absolute Gasteiger partial charge is 0.315 e. The van der Waals surface area contributed by atoms with Gasteiger partial charge >= 0.3 is 11.9 Å². The fourth-order valence-electron chi connectivity index (χ4n) is 3.71. The first kappa shape index (κ1) is 29.9. The van der Waals surface area contributed by atoms with Crippen molar-refractivity contribution in [2.24, 2.45) is 5.92 Å². The highest BCUT2D eigenvalue weighted by Gasteiger charge is 2.29. The first-order chi connectivity index (χ1) is 15.4. The fourth-order valence-corrected chi connectivity index (χ4v) is 5.20. The summed E-state index contributed by atoms with van der Waals surface area (Å²) in [7, 11) is 2.51. The molecule has 0 aliphatic rings. The molecule has 0 aliphatic heterocycles. The standard InChI is InChI=1S/C26H43O5PS/c1-7-14-26(6,32)24(29)31-18-21(27)17-30-23(28)13-15-33-25(4,5)16-22(19(2)3)20-11-9-8-10-12-20/h8-12,19,21-22,27H,7,13-18,32H2,1-6H3. The Bertz CT molecular complexity index is 721. The monoisotopic (exact) mass is 498 g/mol. The first-order valence-corrected chi connectivity index (χ1v) is 13.4. The molecule has 0 fully saturated rings. The topological polar surface area (TPSA) is 72.8 Å². The van der Waals surface area contributed by atoms with E-state index in [1.807, 2.05) is 13.0 Å². The Morgan fingerprint density at radius 3 is 2.27 bits per heavy atom. The predicted molar refractivity (Wildman–Crippen MR) is 141 cm³/mol. The minimum Gasteiger partial charge on any atom is -0.463 e. The number of ether oxygens (including phenoxy) is 2. The summed E-state index contributed by atoms with van der Waals surface area (Å²) in [5, 5.41) is 9.33. The lowest BCUT2D eigenvalue weighted by atomic mass is 9.82. The van der Waals surface area contributed by atoms with E-state index in [0.29, 0.717) is 24.0 Å². The van der Waals surface area contributed by atoms with Crippen LogP contribution in [0.5, 0.6) is 0 Å². The Balaban J connectivity index is 2.37. The molecule has 0 amide bonds. The number of aliphatic hydroxyl groups excluding tert-OH is 1. The summed E-state index contributed by atoms with van der Waals surface area (Å²) < 4.78 is 10.4. The maximum atomic E-state index is 12.1. The lowest BCUT2D eigenvalue weighted by Gasteiger charge is -2.32. The molecule has 0 saturated heterocycles. The summed E-state index contributed by atoms with van der Waals surface area (Å²) in [5.41, 5.74) is 1.35. The largest absolute Gasteiger partial charge is 0.463 e. The second-order valence-electron chi connectivity index (χ2n) is 9.93. The number of hydrogen-bond acceptors (Lipinski definition) is 6. The quantitative estimate of drug-likeness (QED) is 0.251. The van der Waals surface area contributed by atoms with Gasteiger partial charge in [-0.2, -0.15) is 11.8 Å². The van der Waals surface area contributed by atoms with Gasteiger partial charge in [0.25, 0.3) is 0 Å². The molecule has 7 heteroatoms. The average molecular weight is 499 g/mol. The second-order valence-corrected chi connectivity index (χ2v) is 13.0. The van der Waals surface area contributed by atoms with Crippen LogP contribution in [0.15, 0.2) is 30.3 Å². The van der Waals surface area contributed by atoms with Crippen molar-refractivity contribution in [1.82, 2.24) is 0 Å². The van der Waals surface area contributed by atoms with E-state index < -0.39 is 11.3 Å². The zero-order chi connectivity index (χ0) is 25.1. The molecule has 1 rings (SSSR count). The number of thioether (sulfide) groups is 1. The van der Waals surface area contributed by atoms with Crippen LogP contribution in [-0.4, -0.2) is 52.0 Å². The van der Waals surface area contributed by atoms with Crippen molar-refractivity contribution in [2.75, 3.05) is 19.0 Å². The molecule has 0 aliphatic carbocycles. The van der Waals surface area contributed by atoms with E-state index in [4.69, 9.17) is 9.47 Å². The molecule has 0 spiro atoms. The van der Waals surface area contributed by atoms with Crippen LogP contribution in [0.4, 0.5) is 0 Å². The van der Waals surface area contributed by atoms with Crippen molar-refractivity contribution in [1.29, 1.82) is 0 Å². The molecule has 1 aromatic carbocycles. The van der Waals surface area contributed by atoms with Gasteiger partial charge in [0.1, 0.15) is 19.3 Å². The van der Waals surface area contributed by atoms with E-state index in [-0.39, 0.29) is 36.3 Å². The number of carbonyl (C=O) groups excluding carboxylic acids is 2. The van der Waals surface area contributed by atoms with E-state index in [2.05, 4.69) is 61.2 Å². The van der Waals surface area contributed by atoms with Gasteiger partial charge in [0, 0.05) is 10.5 Å². The van der Waals surface area contributed by atoms with Crippen molar-refractivity contribution in [3.8, 4) is 0 Å². The van der Waals surface area contributed by atoms with Gasteiger partial charge in [-0.3, -0.25) is 9.59 Å². The maximum Gasteiger partial charge on any atom is 0.315 e. The Labute approximate surface area is 207 Å². The number of carbonyl (C=O) groups is 2. The Morgan fingerprint density at radius 1 is 1.09 bits per heavy atom. The highest BCUT2D eigenvalue weighted by atomic mass is 32.2. The molecule has 0 radical (unpaired) electrons. The van der Waals surface area contributed by atoms with E-state index in [1.54, 1.807) is 18.7 Å². The molecule has 1 N–H and O–H groups in total. The number of rotatable bonds is 15.